The molecular formula is C36H63N5O8S. The Balaban J connectivity index is 0.00000676. The Bertz CT molecular complexity index is 1370. The number of hydrogen-bond donors (Lipinski definition) is 4. The van der Waals surface area contributed by atoms with E-state index in [0.717, 1.165) is 25.7 Å². The minimum Gasteiger partial charge on any atom is -0.360 e. The lowest BCUT2D eigenvalue weighted by molar-refractivity contribution is -0.145. The van der Waals surface area contributed by atoms with Crippen LogP contribution >= 0.6 is 0 Å². The minimum absolute atomic E-state index is 0. The van der Waals surface area contributed by atoms with Gasteiger partial charge >= 0.3 is 6.03 Å². The third kappa shape index (κ3) is 8.82. The van der Waals surface area contributed by atoms with Crippen molar-refractivity contribution in [1.29, 1.82) is 0 Å². The maximum absolute atomic E-state index is 14.5. The first-order chi connectivity index (χ1) is 22.9. The summed E-state index contributed by atoms with van der Waals surface area (Å²) in [6.07, 6.45) is 6.05. The van der Waals surface area contributed by atoms with Crippen molar-refractivity contribution in [3.8, 4) is 0 Å². The first-order valence-electron chi connectivity index (χ1n) is 18.3. The summed E-state index contributed by atoms with van der Waals surface area (Å²) in [7, 11) is -3.61. The van der Waals surface area contributed by atoms with E-state index in [9.17, 15) is 32.4 Å². The van der Waals surface area contributed by atoms with Gasteiger partial charge in [-0.25, -0.2) is 13.2 Å². The van der Waals surface area contributed by atoms with E-state index in [1.165, 1.54) is 4.90 Å². The number of carbonyl (C=O) groups excluding carboxylic acids is 5. The third-order valence-electron chi connectivity index (χ3n) is 11.1. The molecule has 50 heavy (non-hydrogen) atoms. The monoisotopic (exact) mass is 725 g/mol. The largest absolute Gasteiger partial charge is 0.360 e. The van der Waals surface area contributed by atoms with Crippen molar-refractivity contribution in [2.75, 3.05) is 25.4 Å². The molecule has 1 unspecified atom stereocenters. The van der Waals surface area contributed by atoms with Gasteiger partial charge in [0, 0.05) is 19.7 Å². The molecule has 286 valence electrons. The van der Waals surface area contributed by atoms with Crippen LogP contribution in [-0.2, 0) is 33.8 Å². The Morgan fingerprint density at radius 1 is 0.960 bits per heavy atom. The van der Waals surface area contributed by atoms with Gasteiger partial charge in [0.25, 0.3) is 5.91 Å². The van der Waals surface area contributed by atoms with E-state index in [-0.39, 0.29) is 30.4 Å². The second kappa shape index (κ2) is 16.3. The highest BCUT2D eigenvalue weighted by Crippen LogP contribution is 2.65. The van der Waals surface area contributed by atoms with Crippen molar-refractivity contribution in [2.24, 2.45) is 22.7 Å². The molecule has 0 aromatic carbocycles. The summed E-state index contributed by atoms with van der Waals surface area (Å²) >= 11 is 0. The highest BCUT2D eigenvalue weighted by molar-refractivity contribution is 7.92. The van der Waals surface area contributed by atoms with E-state index in [1.807, 2.05) is 34.6 Å². The second-order valence-corrected chi connectivity index (χ2v) is 18.4. The zero-order valence-corrected chi connectivity index (χ0v) is 31.3. The Labute approximate surface area is 299 Å². The van der Waals surface area contributed by atoms with Crippen LogP contribution in [0.4, 0.5) is 4.79 Å². The zero-order valence-electron chi connectivity index (χ0n) is 30.5. The number of amides is 5. The number of sulfone groups is 1. The van der Waals surface area contributed by atoms with Crippen LogP contribution in [0.15, 0.2) is 0 Å². The van der Waals surface area contributed by atoms with E-state index in [0.29, 0.717) is 58.2 Å². The fourth-order valence-electron chi connectivity index (χ4n) is 8.21. The topological polar surface area (TPSA) is 180 Å². The van der Waals surface area contributed by atoms with Gasteiger partial charge in [0.05, 0.1) is 17.3 Å². The van der Waals surface area contributed by atoms with Gasteiger partial charge in [-0.2, -0.15) is 0 Å². The molecule has 2 aliphatic carbocycles. The van der Waals surface area contributed by atoms with E-state index in [4.69, 9.17) is 4.74 Å². The molecule has 4 rings (SSSR count). The number of Topliss-reactive ketones (excluding diaryl/α,β-unsaturated/α-hetero) is 1. The Kier molecular flexibility index (Phi) is 13.6. The fourth-order valence-corrected chi connectivity index (χ4v) is 10.2. The summed E-state index contributed by atoms with van der Waals surface area (Å²) in [4.78, 5) is 69.6. The van der Waals surface area contributed by atoms with Gasteiger partial charge < -0.3 is 30.9 Å². The Morgan fingerprint density at radius 2 is 1.62 bits per heavy atom. The van der Waals surface area contributed by atoms with Gasteiger partial charge in [0.2, 0.25) is 17.6 Å². The molecule has 13 nitrogen and oxygen atoms in total. The van der Waals surface area contributed by atoms with Crippen LogP contribution in [0.3, 0.4) is 0 Å². The average Bonchev–Trinajstić information content (AvgIpc) is 3.33. The zero-order chi connectivity index (χ0) is 36.4. The van der Waals surface area contributed by atoms with Crippen LogP contribution in [0.5, 0.6) is 0 Å². The first kappa shape index (κ1) is 41.7. The molecule has 2 saturated heterocycles. The minimum atomic E-state index is -3.61. The highest BCUT2D eigenvalue weighted by Gasteiger charge is 2.70. The summed E-state index contributed by atoms with van der Waals surface area (Å²) < 4.78 is 32.1. The van der Waals surface area contributed by atoms with E-state index in [1.54, 1.807) is 0 Å². The van der Waals surface area contributed by atoms with Gasteiger partial charge in [0.15, 0.2) is 15.3 Å². The molecule has 2 saturated carbocycles. The number of unbranched alkanes of at least 4 members (excludes halogenated alkanes) is 1. The molecule has 0 bridgehead atoms. The van der Waals surface area contributed by atoms with Crippen molar-refractivity contribution < 1.29 is 37.1 Å². The average molecular weight is 726 g/mol. The first-order valence-corrected chi connectivity index (χ1v) is 20.0. The van der Waals surface area contributed by atoms with Gasteiger partial charge in [-0.1, -0.05) is 88.0 Å². The molecule has 0 aromatic heterocycles. The van der Waals surface area contributed by atoms with Crippen LogP contribution in [0.2, 0.25) is 0 Å². The van der Waals surface area contributed by atoms with Crippen molar-refractivity contribution in [3.63, 3.8) is 0 Å². The molecular weight excluding hydrogens is 662 g/mol. The molecule has 6 atom stereocenters. The van der Waals surface area contributed by atoms with Gasteiger partial charge in [-0.3, -0.25) is 19.2 Å². The Morgan fingerprint density at radius 3 is 2.20 bits per heavy atom. The molecule has 4 aliphatic rings. The number of ketones is 1. The number of likely N-dealkylation sites (tertiary alicyclic amines) is 1. The van der Waals surface area contributed by atoms with Crippen molar-refractivity contribution in [2.45, 2.75) is 149 Å². The maximum atomic E-state index is 14.5. The Hall–Kier alpha value is -2.74. The number of nitrogens with zero attached hydrogens (tertiary/aromatic N) is 1. The molecule has 0 spiro atoms. The number of rotatable bonds is 13. The predicted molar refractivity (Wildman–Crippen MR) is 192 cm³/mol. The number of piperidine rings is 1. The summed E-state index contributed by atoms with van der Waals surface area (Å²) in [5, 5.41) is 11.3. The second-order valence-electron chi connectivity index (χ2n) is 16.3. The summed E-state index contributed by atoms with van der Waals surface area (Å²) in [6, 6.07) is -3.61. The van der Waals surface area contributed by atoms with E-state index < -0.39 is 73.9 Å². The van der Waals surface area contributed by atoms with Crippen molar-refractivity contribution >= 4 is 39.4 Å². The number of hydrogen-bond acceptors (Lipinski definition) is 8. The molecule has 5 amide bonds. The standard InChI is InChI=1S/C35H59N5O8S.CH4/c1-8-10-15-23(26(41)29(43)36-18-9-2)37-28(42)25-24-22(34(24,6)7)21-40(25)30(44)27(33(3,4)5)38-32(45)39-35(16-12-11-13-17-35)31-48-19-14-20-49(31,46)47;/h22-25,27,31H,8-21H2,1-7H3,(H,36,43)(H,37,42)(H2,38,39,45);1H4/t22-,23-,24-,25-,27+,31?;/m0./s1. The van der Waals surface area contributed by atoms with Crippen LogP contribution < -0.4 is 21.3 Å². The number of fused-ring (bicyclic) bond motifs is 1. The quantitative estimate of drug-likeness (QED) is 0.209. The summed E-state index contributed by atoms with van der Waals surface area (Å²) in [6.45, 7) is 14.4. The summed E-state index contributed by atoms with van der Waals surface area (Å²) in [5.74, 6) is -2.46. The predicted octanol–water partition coefficient (Wildman–Crippen LogP) is 3.45. The molecule has 14 heteroatoms. The molecule has 4 fully saturated rings. The van der Waals surface area contributed by atoms with Gasteiger partial charge in [-0.05, 0) is 54.8 Å². The van der Waals surface area contributed by atoms with Crippen molar-refractivity contribution in [1.82, 2.24) is 26.2 Å². The number of ether oxygens (including phenoxy) is 1. The third-order valence-corrected chi connectivity index (χ3v) is 13.2. The van der Waals surface area contributed by atoms with Crippen molar-refractivity contribution in [3.05, 3.63) is 0 Å². The van der Waals surface area contributed by atoms with Crippen LogP contribution in [0, 0.1) is 22.7 Å². The van der Waals surface area contributed by atoms with E-state index in [2.05, 4.69) is 35.1 Å². The lowest BCUT2D eigenvalue weighted by Crippen LogP contribution is -2.66. The normalized spacial score (nSPS) is 27.4. The van der Waals surface area contributed by atoms with Crippen LogP contribution in [-0.4, -0.2) is 97.4 Å². The molecule has 4 N–H and O–H groups in total. The number of carbonyl (C=O) groups is 5. The van der Waals surface area contributed by atoms with Gasteiger partial charge in [0.1, 0.15) is 12.1 Å². The lowest BCUT2D eigenvalue weighted by Gasteiger charge is -2.45. The SMILES string of the molecule is C.CCCC[C@H](NC(=O)[C@@H]1[C@@H]2[C@H](CN1C(=O)[C@@H](NC(=O)NC1(C3OCCCS3(=O)=O)CCCCC1)C(C)(C)C)C2(C)C)C(=O)C(=O)NCCC. The molecule has 0 aromatic rings. The lowest BCUT2D eigenvalue weighted by atomic mass is 9.81. The molecule has 0 radical (unpaired) electrons. The number of urea groups is 1. The van der Waals surface area contributed by atoms with E-state index >= 15 is 0 Å². The molecule has 2 heterocycles. The summed E-state index contributed by atoms with van der Waals surface area (Å²) in [5.41, 5.74) is -3.25. The fraction of sp³-hybridized carbons (Fsp3) is 0.861. The maximum Gasteiger partial charge on any atom is 0.316 e. The van der Waals surface area contributed by atoms with Gasteiger partial charge in [-0.15, -0.1) is 0 Å². The molecule has 2 aliphatic heterocycles. The number of nitrogens with one attached hydrogen (secondary N) is 4. The van der Waals surface area contributed by atoms with Crippen LogP contribution in [0.25, 0.3) is 0 Å². The van der Waals surface area contributed by atoms with Crippen LogP contribution in [0.1, 0.15) is 120 Å². The highest BCUT2D eigenvalue weighted by atomic mass is 32.2. The smallest absolute Gasteiger partial charge is 0.316 e.